The molecule has 0 unspecified atom stereocenters. The first kappa shape index (κ1) is 14.0. The van der Waals surface area contributed by atoms with Crippen molar-refractivity contribution in [1.82, 2.24) is 4.98 Å². The lowest BCUT2D eigenvalue weighted by Crippen LogP contribution is -2.20. The standard InChI is InChI=1S/C12H15NO5/c1-6(2)18-10(16)5-8-4-9(15)11(7(3)14)12(17)13-8/h4,6H,5H2,1-3H3,(H2,13,15,17). The Morgan fingerprint density at radius 2 is 2.06 bits per heavy atom. The molecule has 1 rings (SSSR count). The Bertz CT molecular complexity index is 530. The van der Waals surface area contributed by atoms with E-state index in [0.717, 1.165) is 0 Å². The van der Waals surface area contributed by atoms with Crippen LogP contribution in [0.5, 0.6) is 5.75 Å². The molecule has 2 N–H and O–H groups in total. The number of pyridine rings is 1. The highest BCUT2D eigenvalue weighted by Crippen LogP contribution is 2.14. The van der Waals surface area contributed by atoms with E-state index in [2.05, 4.69) is 4.98 Å². The molecule has 0 saturated heterocycles. The van der Waals surface area contributed by atoms with E-state index in [0.29, 0.717) is 0 Å². The number of aromatic hydroxyl groups is 1. The number of carbonyl (C=O) groups is 2. The number of esters is 1. The lowest BCUT2D eigenvalue weighted by molar-refractivity contribution is -0.146. The first-order valence-corrected chi connectivity index (χ1v) is 5.46. The van der Waals surface area contributed by atoms with Crippen LogP contribution in [0.1, 0.15) is 36.8 Å². The van der Waals surface area contributed by atoms with Gasteiger partial charge in [-0.15, -0.1) is 0 Å². The minimum absolute atomic E-state index is 0.167. The van der Waals surface area contributed by atoms with Crippen LogP contribution >= 0.6 is 0 Å². The first-order valence-electron chi connectivity index (χ1n) is 5.46. The Balaban J connectivity index is 2.97. The van der Waals surface area contributed by atoms with E-state index in [1.807, 2.05) is 0 Å². The lowest BCUT2D eigenvalue weighted by atomic mass is 10.1. The summed E-state index contributed by atoms with van der Waals surface area (Å²) in [5, 5.41) is 9.54. The van der Waals surface area contributed by atoms with Crippen molar-refractivity contribution in [2.45, 2.75) is 33.3 Å². The largest absolute Gasteiger partial charge is 0.507 e. The molecular formula is C12H15NO5. The minimum atomic E-state index is -0.713. The van der Waals surface area contributed by atoms with Gasteiger partial charge in [0.2, 0.25) is 0 Å². The van der Waals surface area contributed by atoms with Crippen LogP contribution in [0.2, 0.25) is 0 Å². The summed E-state index contributed by atoms with van der Waals surface area (Å²) in [5.41, 5.74) is -0.820. The topological polar surface area (TPSA) is 96.5 Å². The maximum absolute atomic E-state index is 11.5. The van der Waals surface area contributed by atoms with Crippen molar-refractivity contribution in [1.29, 1.82) is 0 Å². The van der Waals surface area contributed by atoms with Crippen LogP contribution in [-0.2, 0) is 16.0 Å². The van der Waals surface area contributed by atoms with Crippen molar-refractivity contribution in [2.24, 2.45) is 0 Å². The predicted molar refractivity (Wildman–Crippen MR) is 63.7 cm³/mol. The number of H-pyrrole nitrogens is 1. The Hall–Kier alpha value is -2.11. The van der Waals surface area contributed by atoms with Gasteiger partial charge in [0.05, 0.1) is 12.5 Å². The summed E-state index contributed by atoms with van der Waals surface area (Å²) in [6.45, 7) is 4.59. The van der Waals surface area contributed by atoms with Crippen LogP contribution in [0.25, 0.3) is 0 Å². The molecule has 0 aliphatic rings. The molecule has 0 atom stereocenters. The van der Waals surface area contributed by atoms with E-state index in [1.54, 1.807) is 13.8 Å². The third-order valence-corrected chi connectivity index (χ3v) is 2.12. The van der Waals surface area contributed by atoms with Gasteiger partial charge in [-0.25, -0.2) is 0 Å². The zero-order chi connectivity index (χ0) is 13.9. The molecule has 18 heavy (non-hydrogen) atoms. The molecule has 0 fully saturated rings. The number of ketones is 1. The van der Waals surface area contributed by atoms with Gasteiger partial charge in [-0.1, -0.05) is 0 Å². The average molecular weight is 253 g/mol. The molecule has 1 aromatic rings. The van der Waals surface area contributed by atoms with E-state index in [4.69, 9.17) is 4.74 Å². The molecular weight excluding hydrogens is 238 g/mol. The molecule has 98 valence electrons. The maximum Gasteiger partial charge on any atom is 0.312 e. The Morgan fingerprint density at radius 1 is 1.44 bits per heavy atom. The van der Waals surface area contributed by atoms with Gasteiger partial charge in [0.1, 0.15) is 11.3 Å². The zero-order valence-corrected chi connectivity index (χ0v) is 10.4. The number of aromatic nitrogens is 1. The quantitative estimate of drug-likeness (QED) is 0.610. The fourth-order valence-electron chi connectivity index (χ4n) is 1.49. The van der Waals surface area contributed by atoms with Crippen molar-refractivity contribution < 1.29 is 19.4 Å². The van der Waals surface area contributed by atoms with Crippen LogP contribution in [0.3, 0.4) is 0 Å². The first-order chi connectivity index (χ1) is 8.31. The van der Waals surface area contributed by atoms with Gasteiger partial charge in [-0.3, -0.25) is 14.4 Å². The van der Waals surface area contributed by atoms with Crippen molar-refractivity contribution in [3.05, 3.63) is 27.7 Å². The lowest BCUT2D eigenvalue weighted by Gasteiger charge is -2.08. The van der Waals surface area contributed by atoms with E-state index < -0.39 is 23.1 Å². The fourth-order valence-corrected chi connectivity index (χ4v) is 1.49. The monoisotopic (exact) mass is 253 g/mol. The number of hydrogen-bond acceptors (Lipinski definition) is 5. The summed E-state index contributed by atoms with van der Waals surface area (Å²) in [7, 11) is 0. The molecule has 0 aliphatic heterocycles. The SMILES string of the molecule is CC(=O)c1c(O)cc(CC(=O)OC(C)C)[nH]c1=O. The second kappa shape index (κ2) is 5.48. The normalized spacial score (nSPS) is 10.4. The van der Waals surface area contributed by atoms with Crippen LogP contribution in [-0.4, -0.2) is 27.9 Å². The van der Waals surface area contributed by atoms with Crippen molar-refractivity contribution in [2.75, 3.05) is 0 Å². The van der Waals surface area contributed by atoms with Gasteiger partial charge < -0.3 is 14.8 Å². The predicted octanol–water partition coefficient (Wildman–Crippen LogP) is 0.777. The highest BCUT2D eigenvalue weighted by atomic mass is 16.5. The zero-order valence-electron chi connectivity index (χ0n) is 10.4. The number of rotatable bonds is 4. The number of hydrogen-bond donors (Lipinski definition) is 2. The summed E-state index contributed by atoms with van der Waals surface area (Å²) >= 11 is 0. The third kappa shape index (κ3) is 3.44. The van der Waals surface area contributed by atoms with Gasteiger partial charge in [-0.05, 0) is 20.8 Å². The molecule has 1 aromatic heterocycles. The van der Waals surface area contributed by atoms with Crippen LogP contribution in [0.4, 0.5) is 0 Å². The Morgan fingerprint density at radius 3 is 2.50 bits per heavy atom. The summed E-state index contributed by atoms with van der Waals surface area (Å²) < 4.78 is 4.90. The van der Waals surface area contributed by atoms with Gasteiger partial charge >= 0.3 is 5.97 Å². The van der Waals surface area contributed by atoms with E-state index in [1.165, 1.54) is 13.0 Å². The maximum atomic E-state index is 11.5. The summed E-state index contributed by atoms with van der Waals surface area (Å²) in [4.78, 5) is 36.3. The number of carbonyl (C=O) groups excluding carboxylic acids is 2. The summed E-state index contributed by atoms with van der Waals surface area (Å²) in [6, 6.07) is 1.18. The number of ether oxygens (including phenoxy) is 1. The van der Waals surface area contributed by atoms with Gasteiger partial charge in [0.25, 0.3) is 5.56 Å². The minimum Gasteiger partial charge on any atom is -0.507 e. The van der Waals surface area contributed by atoms with Gasteiger partial charge in [-0.2, -0.15) is 0 Å². The number of nitrogens with one attached hydrogen (secondary N) is 1. The van der Waals surface area contributed by atoms with E-state index in [9.17, 15) is 19.5 Å². The molecule has 0 bridgehead atoms. The molecule has 0 amide bonds. The molecule has 6 nitrogen and oxygen atoms in total. The van der Waals surface area contributed by atoms with Crippen molar-refractivity contribution >= 4 is 11.8 Å². The van der Waals surface area contributed by atoms with Crippen molar-refractivity contribution in [3.63, 3.8) is 0 Å². The molecule has 0 aliphatic carbocycles. The van der Waals surface area contributed by atoms with E-state index >= 15 is 0 Å². The van der Waals surface area contributed by atoms with Gasteiger partial charge in [0, 0.05) is 11.8 Å². The second-order valence-electron chi connectivity index (χ2n) is 4.16. The second-order valence-corrected chi connectivity index (χ2v) is 4.16. The Kier molecular flexibility index (Phi) is 4.25. The highest BCUT2D eigenvalue weighted by molar-refractivity contribution is 5.96. The van der Waals surface area contributed by atoms with E-state index in [-0.39, 0.29) is 23.8 Å². The third-order valence-electron chi connectivity index (χ3n) is 2.12. The fraction of sp³-hybridized carbons (Fsp3) is 0.417. The molecule has 1 heterocycles. The summed E-state index contributed by atoms with van der Waals surface area (Å²) in [6.07, 6.45) is -0.423. The smallest absolute Gasteiger partial charge is 0.312 e. The average Bonchev–Trinajstić information content (AvgIpc) is 2.12. The van der Waals surface area contributed by atoms with Crippen molar-refractivity contribution in [3.8, 4) is 5.75 Å². The molecule has 0 aromatic carbocycles. The van der Waals surface area contributed by atoms with Crippen LogP contribution in [0.15, 0.2) is 10.9 Å². The Labute approximate surface area is 104 Å². The van der Waals surface area contributed by atoms with Crippen LogP contribution < -0.4 is 5.56 Å². The summed E-state index contributed by atoms with van der Waals surface area (Å²) in [5.74, 6) is -1.49. The highest BCUT2D eigenvalue weighted by Gasteiger charge is 2.15. The number of aromatic amines is 1. The molecule has 0 radical (unpaired) electrons. The number of Topliss-reactive ketones (excluding diaryl/α,β-unsaturated/α-hetero) is 1. The molecule has 0 spiro atoms. The van der Waals surface area contributed by atoms with Gasteiger partial charge in [0.15, 0.2) is 5.78 Å². The molecule has 0 saturated carbocycles. The van der Waals surface area contributed by atoms with Crippen LogP contribution in [0, 0.1) is 0 Å². The molecule has 6 heteroatoms.